The number of hydrogen-bond acceptors (Lipinski definition) is 3. The minimum Gasteiger partial charge on any atom is -0.507 e. The zero-order chi connectivity index (χ0) is 33.5. The van der Waals surface area contributed by atoms with Crippen LogP contribution in [0.3, 0.4) is 0 Å². The molecule has 0 fully saturated rings. The van der Waals surface area contributed by atoms with Crippen molar-refractivity contribution in [2.45, 2.75) is 226 Å². The Morgan fingerprint density at radius 3 is 1.46 bits per heavy atom. The Labute approximate surface area is 287 Å². The van der Waals surface area contributed by atoms with Crippen molar-refractivity contribution in [1.29, 1.82) is 0 Å². The van der Waals surface area contributed by atoms with Crippen molar-refractivity contribution in [3.63, 3.8) is 0 Å². The first-order valence-electron chi connectivity index (χ1n) is 20.5. The predicted octanol–water partition coefficient (Wildman–Crippen LogP) is 14.1. The van der Waals surface area contributed by atoms with E-state index < -0.39 is 0 Å². The lowest BCUT2D eigenvalue weighted by Crippen LogP contribution is -2.04. The zero-order valence-electron chi connectivity index (χ0n) is 31.4. The molecular formula is C43H78O3. The van der Waals surface area contributed by atoms with Crippen LogP contribution in [0.2, 0.25) is 0 Å². The topological polar surface area (TPSA) is 46.5 Å². The molecule has 0 aromatic heterocycles. The van der Waals surface area contributed by atoms with E-state index in [0.717, 1.165) is 25.7 Å². The third-order valence-corrected chi connectivity index (χ3v) is 10.2. The maximum absolute atomic E-state index is 11.7. The summed E-state index contributed by atoms with van der Waals surface area (Å²) in [5.74, 6) is 1.01. The molecule has 0 spiro atoms. The molecule has 0 aliphatic carbocycles. The standard InChI is InChI=1S/C43H78O3/c1-5-8-11-14-17-21-26-31-38-36-40(34-29-24-18-15-12-9-6-2)43(45)41(37-38)39(32-27-22-16-13-10-7-3)33-28-23-19-20-25-30-35-42(44)46-4/h36-37,39,45H,5-35H2,1-4H3. The summed E-state index contributed by atoms with van der Waals surface area (Å²) in [6.45, 7) is 6.87. The zero-order valence-corrected chi connectivity index (χ0v) is 31.4. The van der Waals surface area contributed by atoms with Gasteiger partial charge in [0, 0.05) is 6.42 Å². The Bertz CT molecular complexity index is 832. The molecule has 0 aliphatic heterocycles. The molecule has 1 atom stereocenters. The number of esters is 1. The Morgan fingerprint density at radius 1 is 0.565 bits per heavy atom. The van der Waals surface area contributed by atoms with Gasteiger partial charge in [-0.05, 0) is 67.6 Å². The monoisotopic (exact) mass is 643 g/mol. The van der Waals surface area contributed by atoms with Gasteiger partial charge in [0.25, 0.3) is 0 Å². The summed E-state index contributed by atoms with van der Waals surface area (Å²) in [4.78, 5) is 11.4. The number of aromatic hydroxyl groups is 1. The van der Waals surface area contributed by atoms with Gasteiger partial charge in [-0.15, -0.1) is 0 Å². The first kappa shape index (κ1) is 42.5. The number of aryl methyl sites for hydroxylation is 2. The molecule has 1 aromatic carbocycles. The van der Waals surface area contributed by atoms with E-state index in [9.17, 15) is 9.90 Å². The minimum absolute atomic E-state index is 0.0853. The van der Waals surface area contributed by atoms with Gasteiger partial charge in [-0.1, -0.05) is 181 Å². The molecule has 1 N–H and O–H groups in total. The van der Waals surface area contributed by atoms with Crippen LogP contribution in [0.4, 0.5) is 0 Å². The highest BCUT2D eigenvalue weighted by atomic mass is 16.5. The van der Waals surface area contributed by atoms with Crippen LogP contribution in [0, 0.1) is 0 Å². The lowest BCUT2D eigenvalue weighted by Gasteiger charge is -2.22. The SMILES string of the molecule is CCCCCCCCCc1cc(CCCCCCCCC)c(O)c(C(CCCCCCCC)CCCCCCCCC(=O)OC)c1. The molecule has 268 valence electrons. The Hall–Kier alpha value is -1.51. The molecule has 0 saturated heterocycles. The van der Waals surface area contributed by atoms with Gasteiger partial charge < -0.3 is 9.84 Å². The average molecular weight is 643 g/mol. The van der Waals surface area contributed by atoms with Crippen molar-refractivity contribution in [2.24, 2.45) is 0 Å². The van der Waals surface area contributed by atoms with E-state index in [1.54, 1.807) is 0 Å². The third-order valence-electron chi connectivity index (χ3n) is 10.2. The van der Waals surface area contributed by atoms with Crippen molar-refractivity contribution in [3.05, 3.63) is 28.8 Å². The fourth-order valence-corrected chi connectivity index (χ4v) is 7.09. The normalized spacial score (nSPS) is 12.1. The summed E-state index contributed by atoms with van der Waals surface area (Å²) >= 11 is 0. The van der Waals surface area contributed by atoms with Crippen molar-refractivity contribution >= 4 is 5.97 Å². The van der Waals surface area contributed by atoms with Crippen LogP contribution in [0.15, 0.2) is 12.1 Å². The largest absolute Gasteiger partial charge is 0.507 e. The number of rotatable bonds is 33. The van der Waals surface area contributed by atoms with E-state index in [1.807, 2.05) is 0 Å². The molecule has 46 heavy (non-hydrogen) atoms. The lowest BCUT2D eigenvalue weighted by molar-refractivity contribution is -0.140. The van der Waals surface area contributed by atoms with E-state index in [4.69, 9.17) is 4.74 Å². The maximum atomic E-state index is 11.7. The summed E-state index contributed by atoms with van der Waals surface area (Å²) in [6, 6.07) is 4.80. The van der Waals surface area contributed by atoms with Gasteiger partial charge >= 0.3 is 5.97 Å². The Kier molecular flexibility index (Phi) is 28.5. The number of methoxy groups -OCH3 is 1. The van der Waals surface area contributed by atoms with E-state index in [-0.39, 0.29) is 5.97 Å². The third kappa shape index (κ3) is 22.1. The molecule has 0 heterocycles. The summed E-state index contributed by atoms with van der Waals surface area (Å²) < 4.78 is 4.78. The highest BCUT2D eigenvalue weighted by Gasteiger charge is 2.19. The molecule has 1 unspecified atom stereocenters. The number of unbranched alkanes of at least 4 members (excludes halogenated alkanes) is 22. The van der Waals surface area contributed by atoms with Crippen LogP contribution in [-0.4, -0.2) is 18.2 Å². The van der Waals surface area contributed by atoms with Crippen LogP contribution in [-0.2, 0) is 22.4 Å². The van der Waals surface area contributed by atoms with Crippen LogP contribution >= 0.6 is 0 Å². The molecule has 0 bridgehead atoms. The number of carbonyl (C=O) groups is 1. The number of hydrogen-bond donors (Lipinski definition) is 1. The van der Waals surface area contributed by atoms with Crippen LogP contribution in [0.1, 0.15) is 230 Å². The summed E-state index contributed by atoms with van der Waals surface area (Å²) in [7, 11) is 1.48. The molecule has 0 amide bonds. The molecule has 1 rings (SSSR count). The number of carbonyl (C=O) groups excluding carboxylic acids is 1. The van der Waals surface area contributed by atoms with E-state index >= 15 is 0 Å². The van der Waals surface area contributed by atoms with Gasteiger partial charge in [0.1, 0.15) is 5.75 Å². The van der Waals surface area contributed by atoms with Crippen molar-refractivity contribution < 1.29 is 14.6 Å². The summed E-state index contributed by atoms with van der Waals surface area (Å²) in [5.41, 5.74) is 3.96. The summed E-state index contributed by atoms with van der Waals surface area (Å²) in [6.07, 6.45) is 38.6. The molecule has 0 radical (unpaired) electrons. The van der Waals surface area contributed by atoms with Crippen LogP contribution in [0.25, 0.3) is 0 Å². The summed E-state index contributed by atoms with van der Waals surface area (Å²) in [5, 5.41) is 11.7. The smallest absolute Gasteiger partial charge is 0.305 e. The van der Waals surface area contributed by atoms with Gasteiger partial charge in [0.15, 0.2) is 0 Å². The fourth-order valence-electron chi connectivity index (χ4n) is 7.09. The lowest BCUT2D eigenvalue weighted by atomic mass is 9.84. The molecular weight excluding hydrogens is 564 g/mol. The first-order valence-corrected chi connectivity index (χ1v) is 20.5. The predicted molar refractivity (Wildman–Crippen MR) is 201 cm³/mol. The highest BCUT2D eigenvalue weighted by molar-refractivity contribution is 5.68. The number of phenols is 1. The number of benzene rings is 1. The van der Waals surface area contributed by atoms with Gasteiger partial charge in [0.05, 0.1) is 7.11 Å². The Morgan fingerprint density at radius 2 is 0.978 bits per heavy atom. The minimum atomic E-state index is -0.0853. The molecule has 0 aliphatic rings. The van der Waals surface area contributed by atoms with Gasteiger partial charge in [-0.3, -0.25) is 4.79 Å². The van der Waals surface area contributed by atoms with Crippen molar-refractivity contribution in [3.8, 4) is 5.75 Å². The van der Waals surface area contributed by atoms with E-state index in [1.165, 1.54) is 191 Å². The van der Waals surface area contributed by atoms with Gasteiger partial charge in [-0.25, -0.2) is 0 Å². The second kappa shape index (κ2) is 30.8. The van der Waals surface area contributed by atoms with E-state index in [0.29, 0.717) is 18.1 Å². The Balaban J connectivity index is 2.90. The molecule has 3 heteroatoms. The molecule has 1 aromatic rings. The second-order valence-electron chi connectivity index (χ2n) is 14.4. The van der Waals surface area contributed by atoms with Gasteiger partial charge in [-0.2, -0.15) is 0 Å². The van der Waals surface area contributed by atoms with Crippen LogP contribution < -0.4 is 0 Å². The first-order chi connectivity index (χ1) is 22.6. The van der Waals surface area contributed by atoms with Gasteiger partial charge in [0.2, 0.25) is 0 Å². The van der Waals surface area contributed by atoms with Crippen molar-refractivity contribution in [2.75, 3.05) is 7.11 Å². The number of ether oxygens (including phenoxy) is 1. The molecule has 3 nitrogen and oxygen atoms in total. The quantitative estimate of drug-likeness (QED) is 0.0613. The second-order valence-corrected chi connectivity index (χ2v) is 14.4. The molecule has 0 saturated carbocycles. The van der Waals surface area contributed by atoms with Crippen molar-refractivity contribution in [1.82, 2.24) is 0 Å². The highest BCUT2D eigenvalue weighted by Crippen LogP contribution is 2.38. The average Bonchev–Trinajstić information content (AvgIpc) is 3.06. The van der Waals surface area contributed by atoms with Crippen LogP contribution in [0.5, 0.6) is 5.75 Å². The maximum Gasteiger partial charge on any atom is 0.305 e. The van der Waals surface area contributed by atoms with E-state index in [2.05, 4.69) is 32.9 Å². The fraction of sp³-hybridized carbons (Fsp3) is 0.837. The number of phenolic OH excluding ortho intramolecular Hbond substituents is 1.